The van der Waals surface area contributed by atoms with Gasteiger partial charge in [0, 0.05) is 51.1 Å². The van der Waals surface area contributed by atoms with E-state index >= 15 is 0 Å². The molecule has 13 nitrogen and oxygen atoms in total. The molecule has 15 heteroatoms. The van der Waals surface area contributed by atoms with E-state index in [1.807, 2.05) is 12.1 Å². The zero-order valence-corrected chi connectivity index (χ0v) is 25.1. The van der Waals surface area contributed by atoms with Gasteiger partial charge in [0.1, 0.15) is 11.6 Å². The molecular formula is C31H33F2N9O4. The Balaban J connectivity index is 1.20. The van der Waals surface area contributed by atoms with E-state index in [-0.39, 0.29) is 30.7 Å². The molecule has 1 saturated heterocycles. The molecule has 1 aromatic carbocycles. The molecule has 0 aliphatic carbocycles. The van der Waals surface area contributed by atoms with Gasteiger partial charge in [-0.25, -0.2) is 13.5 Å². The number of nitrogens with zero attached hydrogens (tertiary/aromatic N) is 6. The Morgan fingerprint density at radius 3 is 2.65 bits per heavy atom. The molecule has 4 aromatic rings. The highest BCUT2D eigenvalue weighted by atomic mass is 19.2. The van der Waals surface area contributed by atoms with Crippen molar-refractivity contribution in [1.29, 1.82) is 0 Å². The van der Waals surface area contributed by atoms with Crippen LogP contribution >= 0.6 is 0 Å². The summed E-state index contributed by atoms with van der Waals surface area (Å²) in [5.74, 6) is -2.97. The first kappa shape index (κ1) is 31.0. The lowest BCUT2D eigenvalue weighted by molar-refractivity contribution is -0.130. The number of carbonyl (C=O) groups is 3. The van der Waals surface area contributed by atoms with Gasteiger partial charge in [-0.1, -0.05) is 22.5 Å². The van der Waals surface area contributed by atoms with E-state index in [9.17, 15) is 23.2 Å². The molecule has 0 bridgehead atoms. The number of benzene rings is 1. The number of rotatable bonds is 6. The predicted octanol–water partition coefficient (Wildman–Crippen LogP) is 1.81. The quantitative estimate of drug-likeness (QED) is 0.288. The maximum atomic E-state index is 13.8. The maximum Gasteiger partial charge on any atom is 0.257 e. The van der Waals surface area contributed by atoms with Crippen molar-refractivity contribution in [3.05, 3.63) is 94.4 Å². The number of likely N-dealkylation sites (tertiary alicyclic amines) is 1. The summed E-state index contributed by atoms with van der Waals surface area (Å²) in [4.78, 5) is 46.7. The van der Waals surface area contributed by atoms with Crippen LogP contribution in [0.5, 0.6) is 0 Å². The average molecular weight is 634 g/mol. The Bertz CT molecular complexity index is 1730. The second-order valence-corrected chi connectivity index (χ2v) is 11.8. The van der Waals surface area contributed by atoms with E-state index in [1.165, 1.54) is 12.1 Å². The van der Waals surface area contributed by atoms with E-state index in [4.69, 9.17) is 4.52 Å². The molecule has 6 rings (SSSR count). The first-order chi connectivity index (χ1) is 22.2. The van der Waals surface area contributed by atoms with Crippen molar-refractivity contribution in [3.63, 3.8) is 0 Å². The van der Waals surface area contributed by atoms with Gasteiger partial charge in [0.05, 0.1) is 30.0 Å². The number of piperidine rings is 1. The third-order valence-electron chi connectivity index (χ3n) is 8.38. The average Bonchev–Trinajstić information content (AvgIpc) is 3.64. The number of aromatic nitrogens is 5. The molecule has 5 heterocycles. The number of pyridine rings is 1. The third-order valence-corrected chi connectivity index (χ3v) is 8.38. The Kier molecular flexibility index (Phi) is 8.83. The van der Waals surface area contributed by atoms with Crippen molar-refractivity contribution in [1.82, 2.24) is 46.0 Å². The lowest BCUT2D eigenvalue weighted by Gasteiger charge is -2.42. The van der Waals surface area contributed by atoms with Crippen LogP contribution < -0.4 is 16.0 Å². The van der Waals surface area contributed by atoms with Crippen molar-refractivity contribution >= 4 is 17.7 Å². The van der Waals surface area contributed by atoms with Crippen molar-refractivity contribution in [2.24, 2.45) is 0 Å². The largest absolute Gasteiger partial charge is 0.358 e. The monoisotopic (exact) mass is 633 g/mol. The summed E-state index contributed by atoms with van der Waals surface area (Å²) in [6.07, 6.45) is 5.90. The number of fused-ring (bicyclic) bond motifs is 1. The first-order valence-electron chi connectivity index (χ1n) is 15.0. The van der Waals surface area contributed by atoms with Gasteiger partial charge in [0.25, 0.3) is 5.91 Å². The van der Waals surface area contributed by atoms with Gasteiger partial charge < -0.3 is 20.5 Å². The highest BCUT2D eigenvalue weighted by Gasteiger charge is 2.40. The summed E-state index contributed by atoms with van der Waals surface area (Å²) in [7, 11) is 0. The molecule has 1 spiro atoms. The SMILES string of the molecule is Cc1noc2c1C(=O)NC1(CCN(Cc3ccc(F)c(F)c3)CC1)CC(=O)N[C@H](Cc1cn(Cc3cccnc3)nn1)C(=O)NC2. The molecule has 2 aliphatic heterocycles. The highest BCUT2D eigenvalue weighted by Crippen LogP contribution is 2.29. The summed E-state index contributed by atoms with van der Waals surface area (Å²) >= 11 is 0. The van der Waals surface area contributed by atoms with Crippen LogP contribution in [0.15, 0.2) is 53.4 Å². The van der Waals surface area contributed by atoms with Crippen LogP contribution in [0.4, 0.5) is 8.78 Å². The number of hydrogen-bond donors (Lipinski definition) is 3. The van der Waals surface area contributed by atoms with E-state index in [2.05, 4.69) is 41.3 Å². The molecule has 0 unspecified atom stereocenters. The van der Waals surface area contributed by atoms with Crippen LogP contribution in [0.3, 0.4) is 0 Å². The van der Waals surface area contributed by atoms with E-state index in [0.717, 1.165) is 11.6 Å². The third kappa shape index (κ3) is 7.09. The van der Waals surface area contributed by atoms with Gasteiger partial charge in [-0.3, -0.25) is 24.3 Å². The van der Waals surface area contributed by atoms with Gasteiger partial charge in [0.2, 0.25) is 11.8 Å². The first-order valence-corrected chi connectivity index (χ1v) is 15.0. The molecule has 3 aromatic heterocycles. The molecule has 0 saturated carbocycles. The number of halogens is 2. The zero-order chi connectivity index (χ0) is 32.3. The summed E-state index contributed by atoms with van der Waals surface area (Å²) in [6.45, 7) is 3.30. The van der Waals surface area contributed by atoms with Crippen molar-refractivity contribution in [2.45, 2.75) is 63.8 Å². The standard InChI is InChI=1S/C31H33F2N9O4/c1-19-28-26(46-39-19)15-35-29(44)25(12-22-18-42(40-38-22)17-21-3-2-8-34-14-21)36-27(43)13-31(37-30(28)45)6-9-41(10-7-31)16-20-4-5-23(32)24(33)11-20/h2-5,8,11,14,18,25H,6-7,9-10,12-13,15-17H2,1H3,(H,35,44)(H,36,43)(H,37,45)/t25-/m1/s1. The van der Waals surface area contributed by atoms with Crippen molar-refractivity contribution in [2.75, 3.05) is 13.1 Å². The Hall–Kier alpha value is -5.05. The van der Waals surface area contributed by atoms with Crippen molar-refractivity contribution in [3.8, 4) is 0 Å². The second kappa shape index (κ2) is 13.1. The van der Waals surface area contributed by atoms with Gasteiger partial charge in [-0.2, -0.15) is 0 Å². The van der Waals surface area contributed by atoms with E-state index in [0.29, 0.717) is 56.0 Å². The molecule has 3 amide bonds. The molecule has 0 radical (unpaired) electrons. The van der Waals surface area contributed by atoms with Crippen LogP contribution in [-0.4, -0.2) is 72.4 Å². The normalized spacial score (nSPS) is 19.0. The molecule has 1 fully saturated rings. The molecular weight excluding hydrogens is 600 g/mol. The molecule has 1 atom stereocenters. The van der Waals surface area contributed by atoms with Gasteiger partial charge in [-0.15, -0.1) is 5.10 Å². The fourth-order valence-corrected chi connectivity index (χ4v) is 5.96. The van der Waals surface area contributed by atoms with Crippen LogP contribution in [0.25, 0.3) is 0 Å². The maximum absolute atomic E-state index is 13.8. The number of aryl methyl sites for hydroxylation is 1. The number of carbonyl (C=O) groups excluding carboxylic acids is 3. The van der Waals surface area contributed by atoms with Crippen LogP contribution in [-0.2, 0) is 35.6 Å². The number of amides is 3. The molecule has 3 N–H and O–H groups in total. The zero-order valence-electron chi connectivity index (χ0n) is 25.1. The minimum absolute atomic E-state index is 0.0776. The minimum Gasteiger partial charge on any atom is -0.358 e. The lowest BCUT2D eigenvalue weighted by atomic mass is 9.83. The highest BCUT2D eigenvalue weighted by molar-refractivity contribution is 5.97. The second-order valence-electron chi connectivity index (χ2n) is 11.8. The fraction of sp³-hybridized carbons (Fsp3) is 0.387. The minimum atomic E-state index is -0.982. The lowest BCUT2D eigenvalue weighted by Crippen LogP contribution is -2.58. The number of hydrogen-bond acceptors (Lipinski definition) is 9. The summed E-state index contributed by atoms with van der Waals surface area (Å²) in [5, 5.41) is 21.0. The molecule has 46 heavy (non-hydrogen) atoms. The van der Waals surface area contributed by atoms with Crippen LogP contribution in [0, 0.1) is 18.6 Å². The molecule has 2 aliphatic rings. The van der Waals surface area contributed by atoms with Crippen LogP contribution in [0.1, 0.15) is 57.9 Å². The summed E-state index contributed by atoms with van der Waals surface area (Å²) < 4.78 is 34.3. The Labute approximate surface area is 262 Å². The Morgan fingerprint density at radius 2 is 1.89 bits per heavy atom. The van der Waals surface area contributed by atoms with E-state index < -0.39 is 40.9 Å². The summed E-state index contributed by atoms with van der Waals surface area (Å²) in [6, 6.07) is 6.56. The molecule has 240 valence electrons. The van der Waals surface area contributed by atoms with Gasteiger partial charge in [0.15, 0.2) is 17.4 Å². The van der Waals surface area contributed by atoms with E-state index in [1.54, 1.807) is 30.2 Å². The van der Waals surface area contributed by atoms with Crippen LogP contribution in [0.2, 0.25) is 0 Å². The predicted molar refractivity (Wildman–Crippen MR) is 158 cm³/mol. The fourth-order valence-electron chi connectivity index (χ4n) is 5.96. The Morgan fingerprint density at radius 1 is 1.07 bits per heavy atom. The number of nitrogens with one attached hydrogen (secondary N) is 3. The van der Waals surface area contributed by atoms with Gasteiger partial charge >= 0.3 is 0 Å². The van der Waals surface area contributed by atoms with Gasteiger partial charge in [-0.05, 0) is 49.1 Å². The smallest absolute Gasteiger partial charge is 0.257 e. The summed E-state index contributed by atoms with van der Waals surface area (Å²) in [5.41, 5.74) is 1.67. The van der Waals surface area contributed by atoms with Crippen molar-refractivity contribution < 1.29 is 27.7 Å². The topological polar surface area (TPSA) is 160 Å².